The summed E-state index contributed by atoms with van der Waals surface area (Å²) in [5, 5.41) is 13.2. The zero-order valence-corrected chi connectivity index (χ0v) is 12.0. The van der Waals surface area contributed by atoms with Crippen molar-refractivity contribution in [1.29, 1.82) is 0 Å². The summed E-state index contributed by atoms with van der Waals surface area (Å²) in [4.78, 5) is 26.1. The van der Waals surface area contributed by atoms with Crippen molar-refractivity contribution in [2.24, 2.45) is 0 Å². The maximum atomic E-state index is 11.7. The van der Waals surface area contributed by atoms with E-state index >= 15 is 0 Å². The highest BCUT2D eigenvalue weighted by Gasteiger charge is 2.11. The number of nitrogens with zero attached hydrogens (tertiary/aromatic N) is 4. The molecule has 0 bridgehead atoms. The van der Waals surface area contributed by atoms with Crippen molar-refractivity contribution in [3.05, 3.63) is 6.20 Å². The predicted octanol–water partition coefficient (Wildman–Crippen LogP) is -1.32. The number of morpholine rings is 1. The molecule has 0 unspecified atom stereocenters. The van der Waals surface area contributed by atoms with Crippen molar-refractivity contribution in [2.75, 3.05) is 44.7 Å². The number of ether oxygens (including phenoxy) is 1. The molecule has 0 aliphatic carbocycles. The Morgan fingerprint density at radius 1 is 1.38 bits per heavy atom. The van der Waals surface area contributed by atoms with Crippen molar-refractivity contribution >= 4 is 17.6 Å². The molecule has 0 radical (unpaired) electrons. The van der Waals surface area contributed by atoms with Gasteiger partial charge in [-0.1, -0.05) is 0 Å². The lowest BCUT2D eigenvalue weighted by atomic mass is 10.4. The second-order valence-corrected chi connectivity index (χ2v) is 4.75. The lowest BCUT2D eigenvalue weighted by Gasteiger charge is -2.26. The Kier molecular flexibility index (Phi) is 5.64. The van der Waals surface area contributed by atoms with Gasteiger partial charge in [0.1, 0.15) is 6.54 Å². The van der Waals surface area contributed by atoms with Crippen molar-refractivity contribution in [3.8, 4) is 0 Å². The van der Waals surface area contributed by atoms with E-state index in [1.807, 2.05) is 0 Å². The standard InChI is InChI=1S/C12H20N6O3/c1-10(19)15-11-8-14-18(16-11)9-12(20)13-2-3-17-4-6-21-7-5-17/h8H,2-7,9H2,1H3,(H,13,20)(H,15,16,19). The third kappa shape index (κ3) is 5.48. The van der Waals surface area contributed by atoms with E-state index in [0.717, 1.165) is 32.8 Å². The minimum atomic E-state index is -0.225. The average Bonchev–Trinajstić information content (AvgIpc) is 2.86. The van der Waals surface area contributed by atoms with E-state index in [-0.39, 0.29) is 18.4 Å². The molecular weight excluding hydrogens is 276 g/mol. The molecule has 0 aromatic carbocycles. The molecule has 9 heteroatoms. The average molecular weight is 296 g/mol. The van der Waals surface area contributed by atoms with Gasteiger partial charge >= 0.3 is 0 Å². The zero-order chi connectivity index (χ0) is 15.1. The van der Waals surface area contributed by atoms with Gasteiger partial charge in [0.25, 0.3) is 0 Å². The highest BCUT2D eigenvalue weighted by molar-refractivity contribution is 5.87. The minimum Gasteiger partial charge on any atom is -0.379 e. The number of anilines is 1. The number of carbonyl (C=O) groups is 2. The molecule has 2 heterocycles. The van der Waals surface area contributed by atoms with E-state index in [0.29, 0.717) is 12.4 Å². The summed E-state index contributed by atoms with van der Waals surface area (Å²) in [7, 11) is 0. The molecule has 116 valence electrons. The normalized spacial score (nSPS) is 15.7. The first-order chi connectivity index (χ1) is 10.1. The van der Waals surface area contributed by atoms with Crippen LogP contribution < -0.4 is 10.6 Å². The van der Waals surface area contributed by atoms with Crippen molar-refractivity contribution in [1.82, 2.24) is 25.2 Å². The third-order valence-corrected chi connectivity index (χ3v) is 2.98. The molecule has 1 fully saturated rings. The Morgan fingerprint density at radius 3 is 2.86 bits per heavy atom. The second kappa shape index (κ2) is 7.70. The van der Waals surface area contributed by atoms with Gasteiger partial charge in [-0.05, 0) is 0 Å². The van der Waals surface area contributed by atoms with Gasteiger partial charge in [0.05, 0.1) is 19.4 Å². The Balaban J connectivity index is 1.66. The summed E-state index contributed by atoms with van der Waals surface area (Å²) in [6, 6.07) is 0. The van der Waals surface area contributed by atoms with Crippen molar-refractivity contribution in [2.45, 2.75) is 13.5 Å². The fraction of sp³-hybridized carbons (Fsp3) is 0.667. The van der Waals surface area contributed by atoms with E-state index in [2.05, 4.69) is 25.7 Å². The van der Waals surface area contributed by atoms with Crippen LogP contribution in [0, 0.1) is 0 Å². The van der Waals surface area contributed by atoms with Crippen LogP contribution in [0.15, 0.2) is 6.20 Å². The monoisotopic (exact) mass is 296 g/mol. The Morgan fingerprint density at radius 2 is 2.14 bits per heavy atom. The van der Waals surface area contributed by atoms with E-state index in [1.54, 1.807) is 0 Å². The molecule has 9 nitrogen and oxygen atoms in total. The van der Waals surface area contributed by atoms with Gasteiger partial charge in [-0.15, -0.1) is 5.10 Å². The number of carbonyl (C=O) groups excluding carboxylic acids is 2. The van der Waals surface area contributed by atoms with Gasteiger partial charge < -0.3 is 15.4 Å². The fourth-order valence-electron chi connectivity index (χ4n) is 1.97. The van der Waals surface area contributed by atoms with Crippen LogP contribution in [0.3, 0.4) is 0 Å². The summed E-state index contributed by atoms with van der Waals surface area (Å²) in [5.74, 6) is -0.0473. The van der Waals surface area contributed by atoms with Crippen LogP contribution in [0.1, 0.15) is 6.92 Å². The molecule has 0 saturated carbocycles. The van der Waals surface area contributed by atoms with E-state index in [4.69, 9.17) is 4.74 Å². The smallest absolute Gasteiger partial charge is 0.243 e. The quantitative estimate of drug-likeness (QED) is 0.675. The first-order valence-electron chi connectivity index (χ1n) is 6.88. The van der Waals surface area contributed by atoms with E-state index in [9.17, 15) is 9.59 Å². The number of rotatable bonds is 6. The van der Waals surface area contributed by atoms with Gasteiger partial charge in [0.2, 0.25) is 11.8 Å². The lowest BCUT2D eigenvalue weighted by Crippen LogP contribution is -2.41. The molecule has 2 amide bonds. The van der Waals surface area contributed by atoms with Crippen LogP contribution in [-0.2, 0) is 20.9 Å². The zero-order valence-electron chi connectivity index (χ0n) is 12.0. The van der Waals surface area contributed by atoms with Crippen LogP contribution in [0.4, 0.5) is 5.82 Å². The Bertz CT molecular complexity index is 483. The SMILES string of the molecule is CC(=O)Nc1cnn(CC(=O)NCCN2CCOCC2)n1. The van der Waals surface area contributed by atoms with Crippen LogP contribution in [0.5, 0.6) is 0 Å². The van der Waals surface area contributed by atoms with E-state index < -0.39 is 0 Å². The first-order valence-corrected chi connectivity index (χ1v) is 6.88. The molecule has 1 aliphatic heterocycles. The summed E-state index contributed by atoms with van der Waals surface area (Å²) in [6.45, 7) is 6.10. The predicted molar refractivity (Wildman–Crippen MR) is 74.6 cm³/mol. The number of hydrogen-bond donors (Lipinski definition) is 2. The van der Waals surface area contributed by atoms with Gasteiger partial charge in [-0.25, -0.2) is 0 Å². The number of amides is 2. The first kappa shape index (κ1) is 15.4. The molecule has 0 spiro atoms. The number of hydrogen-bond acceptors (Lipinski definition) is 6. The highest BCUT2D eigenvalue weighted by Crippen LogP contribution is 1.98. The molecular formula is C12H20N6O3. The summed E-state index contributed by atoms with van der Waals surface area (Å²) in [5.41, 5.74) is 0. The van der Waals surface area contributed by atoms with E-state index in [1.165, 1.54) is 17.9 Å². The molecule has 1 aliphatic rings. The topological polar surface area (TPSA) is 101 Å². The molecule has 2 N–H and O–H groups in total. The minimum absolute atomic E-state index is 0.0305. The maximum absolute atomic E-state index is 11.7. The third-order valence-electron chi connectivity index (χ3n) is 2.98. The highest BCUT2D eigenvalue weighted by atomic mass is 16.5. The van der Waals surface area contributed by atoms with Crippen LogP contribution in [0.2, 0.25) is 0 Å². The Hall–Kier alpha value is -2.00. The van der Waals surface area contributed by atoms with Crippen LogP contribution in [-0.4, -0.2) is 71.1 Å². The number of nitrogens with one attached hydrogen (secondary N) is 2. The van der Waals surface area contributed by atoms with Gasteiger partial charge in [-0.3, -0.25) is 14.5 Å². The molecule has 2 rings (SSSR count). The van der Waals surface area contributed by atoms with Gasteiger partial charge in [0.15, 0.2) is 5.82 Å². The van der Waals surface area contributed by atoms with Crippen LogP contribution in [0.25, 0.3) is 0 Å². The molecule has 0 atom stereocenters. The molecule has 1 aromatic rings. The molecule has 21 heavy (non-hydrogen) atoms. The summed E-state index contributed by atoms with van der Waals surface area (Å²) in [6.07, 6.45) is 1.41. The molecule has 1 aromatic heterocycles. The summed E-state index contributed by atoms with van der Waals surface area (Å²) < 4.78 is 5.26. The largest absolute Gasteiger partial charge is 0.379 e. The Labute approximate surface area is 122 Å². The van der Waals surface area contributed by atoms with Crippen molar-refractivity contribution < 1.29 is 14.3 Å². The fourth-order valence-corrected chi connectivity index (χ4v) is 1.97. The molecule has 1 saturated heterocycles. The second-order valence-electron chi connectivity index (χ2n) is 4.75. The van der Waals surface area contributed by atoms with Gasteiger partial charge in [0, 0.05) is 33.1 Å². The lowest BCUT2D eigenvalue weighted by molar-refractivity contribution is -0.122. The van der Waals surface area contributed by atoms with Crippen molar-refractivity contribution in [3.63, 3.8) is 0 Å². The maximum Gasteiger partial charge on any atom is 0.243 e. The number of aromatic nitrogens is 3. The summed E-state index contributed by atoms with van der Waals surface area (Å²) >= 11 is 0. The van der Waals surface area contributed by atoms with Gasteiger partial charge in [-0.2, -0.15) is 9.90 Å². The van der Waals surface area contributed by atoms with Crippen LogP contribution >= 0.6 is 0 Å².